The van der Waals surface area contributed by atoms with Gasteiger partial charge < -0.3 is 10.2 Å². The number of benzene rings is 2. The van der Waals surface area contributed by atoms with Gasteiger partial charge in [-0.3, -0.25) is 4.72 Å². The molecule has 164 valence electrons. The number of anilines is 4. The van der Waals surface area contributed by atoms with Gasteiger partial charge in [0.25, 0.3) is 10.0 Å². The Labute approximate surface area is 178 Å². The molecule has 1 heterocycles. The van der Waals surface area contributed by atoms with E-state index in [0.29, 0.717) is 17.3 Å². The second kappa shape index (κ2) is 8.42. The third-order valence-corrected chi connectivity index (χ3v) is 5.58. The molecule has 0 saturated carbocycles. The fraction of sp³-hybridized carbons (Fsp3) is 0.200. The van der Waals surface area contributed by atoms with E-state index < -0.39 is 21.8 Å². The van der Waals surface area contributed by atoms with Gasteiger partial charge in [-0.15, -0.1) is 0 Å². The third kappa shape index (κ3) is 5.63. The van der Waals surface area contributed by atoms with Crippen molar-refractivity contribution in [3.63, 3.8) is 0 Å². The minimum absolute atomic E-state index is 0.262. The van der Waals surface area contributed by atoms with Gasteiger partial charge in [-0.25, -0.2) is 18.4 Å². The zero-order valence-electron chi connectivity index (χ0n) is 16.9. The summed E-state index contributed by atoms with van der Waals surface area (Å²) in [5, 5.41) is 3.12. The number of aromatic nitrogens is 2. The highest BCUT2D eigenvalue weighted by Gasteiger charge is 2.30. The van der Waals surface area contributed by atoms with Crippen LogP contribution in [-0.4, -0.2) is 32.5 Å². The molecule has 2 N–H and O–H groups in total. The van der Waals surface area contributed by atoms with E-state index in [-0.39, 0.29) is 10.6 Å². The summed E-state index contributed by atoms with van der Waals surface area (Å²) in [7, 11) is -0.304. The molecule has 0 aliphatic heterocycles. The average Bonchev–Trinajstić information content (AvgIpc) is 2.68. The molecule has 2 aromatic carbocycles. The molecule has 0 atom stereocenters. The van der Waals surface area contributed by atoms with E-state index in [1.54, 1.807) is 25.1 Å². The van der Waals surface area contributed by atoms with Gasteiger partial charge in [0.05, 0.1) is 10.5 Å². The van der Waals surface area contributed by atoms with Gasteiger partial charge in [0.15, 0.2) is 0 Å². The van der Waals surface area contributed by atoms with Gasteiger partial charge >= 0.3 is 6.18 Å². The van der Waals surface area contributed by atoms with E-state index in [1.807, 2.05) is 19.0 Å². The Kier molecular flexibility index (Phi) is 6.07. The Morgan fingerprint density at radius 2 is 1.48 bits per heavy atom. The van der Waals surface area contributed by atoms with Crippen molar-refractivity contribution in [3.05, 3.63) is 66.0 Å². The maximum Gasteiger partial charge on any atom is 0.416 e. The lowest BCUT2D eigenvalue weighted by molar-refractivity contribution is -0.137. The van der Waals surface area contributed by atoms with Crippen molar-refractivity contribution < 1.29 is 21.6 Å². The Hall–Kier alpha value is -3.34. The van der Waals surface area contributed by atoms with Crippen molar-refractivity contribution in [2.24, 2.45) is 0 Å². The van der Waals surface area contributed by atoms with Crippen LogP contribution in [0.4, 0.5) is 36.2 Å². The number of sulfonamides is 1. The Morgan fingerprint density at radius 3 is 2.03 bits per heavy atom. The van der Waals surface area contributed by atoms with Crippen LogP contribution in [0.2, 0.25) is 0 Å². The molecule has 0 unspecified atom stereocenters. The summed E-state index contributed by atoms with van der Waals surface area (Å²) in [6, 6.07) is 11.4. The minimum atomic E-state index is -4.53. The topological polar surface area (TPSA) is 87.2 Å². The first-order valence-electron chi connectivity index (χ1n) is 9.04. The molecule has 3 aromatic rings. The van der Waals surface area contributed by atoms with Crippen LogP contribution in [0.25, 0.3) is 0 Å². The number of nitrogens with zero attached hydrogens (tertiary/aromatic N) is 3. The van der Waals surface area contributed by atoms with E-state index in [1.165, 1.54) is 12.1 Å². The Balaban J connectivity index is 1.73. The lowest BCUT2D eigenvalue weighted by Crippen LogP contribution is -2.14. The van der Waals surface area contributed by atoms with Crippen molar-refractivity contribution in [1.29, 1.82) is 0 Å². The highest BCUT2D eigenvalue weighted by Crippen LogP contribution is 2.30. The lowest BCUT2D eigenvalue weighted by Gasteiger charge is -2.14. The standard InChI is InChI=1S/C20H20F3N5O2S/c1-13-24-18(12-19(25-13)28(2)3)26-15-6-8-16(9-7-15)27-31(29,30)17-10-4-14(5-11-17)20(21,22)23/h4-12,27H,1-3H3,(H,24,25,26). The second-order valence-corrected chi connectivity index (χ2v) is 8.57. The average molecular weight is 451 g/mol. The summed E-state index contributed by atoms with van der Waals surface area (Å²) in [5.74, 6) is 1.90. The third-order valence-electron chi connectivity index (χ3n) is 4.18. The van der Waals surface area contributed by atoms with Crippen molar-refractivity contribution in [2.45, 2.75) is 18.0 Å². The van der Waals surface area contributed by atoms with E-state index in [2.05, 4.69) is 20.0 Å². The van der Waals surface area contributed by atoms with Crippen LogP contribution in [0.1, 0.15) is 11.4 Å². The lowest BCUT2D eigenvalue weighted by atomic mass is 10.2. The highest BCUT2D eigenvalue weighted by atomic mass is 32.2. The molecule has 0 amide bonds. The fourth-order valence-electron chi connectivity index (χ4n) is 2.65. The van der Waals surface area contributed by atoms with Gasteiger partial charge in [0, 0.05) is 31.5 Å². The molecule has 0 saturated heterocycles. The van der Waals surface area contributed by atoms with Crippen LogP contribution in [0, 0.1) is 6.92 Å². The Bertz CT molecular complexity index is 1160. The predicted octanol–water partition coefficient (Wildman–Crippen LogP) is 4.41. The molecular formula is C20H20F3N5O2S. The first-order chi connectivity index (χ1) is 14.4. The molecular weight excluding hydrogens is 431 g/mol. The van der Waals surface area contributed by atoms with Crippen molar-refractivity contribution >= 4 is 33.0 Å². The monoisotopic (exact) mass is 451 g/mol. The van der Waals surface area contributed by atoms with Crippen molar-refractivity contribution in [2.75, 3.05) is 29.0 Å². The summed E-state index contributed by atoms with van der Waals surface area (Å²) in [6.45, 7) is 1.78. The van der Waals surface area contributed by atoms with E-state index in [0.717, 1.165) is 30.1 Å². The maximum absolute atomic E-state index is 12.7. The zero-order valence-corrected chi connectivity index (χ0v) is 17.7. The zero-order chi connectivity index (χ0) is 22.8. The van der Waals surface area contributed by atoms with E-state index in [9.17, 15) is 21.6 Å². The largest absolute Gasteiger partial charge is 0.416 e. The van der Waals surface area contributed by atoms with Gasteiger partial charge in [0.2, 0.25) is 0 Å². The fourth-order valence-corrected chi connectivity index (χ4v) is 3.71. The number of alkyl halides is 3. The second-order valence-electron chi connectivity index (χ2n) is 6.88. The molecule has 1 aromatic heterocycles. The molecule has 7 nitrogen and oxygen atoms in total. The Morgan fingerprint density at radius 1 is 0.903 bits per heavy atom. The summed E-state index contributed by atoms with van der Waals surface area (Å²) in [4.78, 5) is 10.2. The summed E-state index contributed by atoms with van der Waals surface area (Å²) < 4.78 is 65.2. The number of halogens is 3. The van der Waals surface area contributed by atoms with Crippen molar-refractivity contribution in [3.8, 4) is 0 Å². The quantitative estimate of drug-likeness (QED) is 0.577. The molecule has 0 aliphatic rings. The minimum Gasteiger partial charge on any atom is -0.363 e. The van der Waals surface area contributed by atoms with Gasteiger partial charge in [-0.2, -0.15) is 13.2 Å². The smallest absolute Gasteiger partial charge is 0.363 e. The summed E-state index contributed by atoms with van der Waals surface area (Å²) in [5.41, 5.74) is 0.0119. The highest BCUT2D eigenvalue weighted by molar-refractivity contribution is 7.92. The molecule has 0 bridgehead atoms. The van der Waals surface area contributed by atoms with Crippen LogP contribution in [0.5, 0.6) is 0 Å². The van der Waals surface area contributed by atoms with Crippen LogP contribution in [-0.2, 0) is 16.2 Å². The SMILES string of the molecule is Cc1nc(Nc2ccc(NS(=O)(=O)c3ccc(C(F)(F)F)cc3)cc2)cc(N(C)C)n1. The molecule has 0 aliphatic carbocycles. The first kappa shape index (κ1) is 22.3. The van der Waals surface area contributed by atoms with Crippen molar-refractivity contribution in [1.82, 2.24) is 9.97 Å². The molecule has 0 spiro atoms. The molecule has 11 heteroatoms. The van der Waals surface area contributed by atoms with E-state index >= 15 is 0 Å². The van der Waals surface area contributed by atoms with E-state index in [4.69, 9.17) is 0 Å². The van der Waals surface area contributed by atoms with Crippen LogP contribution >= 0.6 is 0 Å². The number of rotatable bonds is 6. The molecule has 0 radical (unpaired) electrons. The molecule has 31 heavy (non-hydrogen) atoms. The van der Waals surface area contributed by atoms with Gasteiger partial charge in [0.1, 0.15) is 17.5 Å². The molecule has 0 fully saturated rings. The summed E-state index contributed by atoms with van der Waals surface area (Å²) >= 11 is 0. The number of nitrogens with one attached hydrogen (secondary N) is 2. The predicted molar refractivity (Wildman–Crippen MR) is 113 cm³/mol. The van der Waals surface area contributed by atoms with Gasteiger partial charge in [-0.05, 0) is 55.5 Å². The summed E-state index contributed by atoms with van der Waals surface area (Å²) in [6.07, 6.45) is -4.53. The molecule has 3 rings (SSSR count). The number of hydrogen-bond acceptors (Lipinski definition) is 6. The first-order valence-corrected chi connectivity index (χ1v) is 10.5. The normalized spacial score (nSPS) is 11.8. The maximum atomic E-state index is 12.7. The van der Waals surface area contributed by atoms with Crippen LogP contribution in [0.3, 0.4) is 0 Å². The number of hydrogen-bond donors (Lipinski definition) is 2. The van der Waals surface area contributed by atoms with Crippen LogP contribution in [0.15, 0.2) is 59.5 Å². The number of aryl methyl sites for hydroxylation is 1. The van der Waals surface area contributed by atoms with Crippen LogP contribution < -0.4 is 14.9 Å². The van der Waals surface area contributed by atoms with Gasteiger partial charge in [-0.1, -0.05) is 0 Å².